The Bertz CT molecular complexity index is 656. The summed E-state index contributed by atoms with van der Waals surface area (Å²) in [5.41, 5.74) is 0. The van der Waals surface area contributed by atoms with Crippen LogP contribution in [0.1, 0.15) is 104 Å². The van der Waals surface area contributed by atoms with Gasteiger partial charge in [-0.15, -0.1) is 6.58 Å². The zero-order valence-electron chi connectivity index (χ0n) is 26.5. The van der Waals surface area contributed by atoms with Gasteiger partial charge in [0, 0.05) is 19.8 Å². The van der Waals surface area contributed by atoms with Crippen LogP contribution in [0.25, 0.3) is 0 Å². The molecule has 0 bridgehead atoms. The molecule has 0 heterocycles. The molecule has 0 saturated heterocycles. The molecular weight excluding hydrogens is 524 g/mol. The van der Waals surface area contributed by atoms with Crippen molar-refractivity contribution in [2.75, 3.05) is 53.2 Å². The van der Waals surface area contributed by atoms with Gasteiger partial charge >= 0.3 is 11.9 Å². The first-order valence-electron chi connectivity index (χ1n) is 15.6. The first-order chi connectivity index (χ1) is 19.9. The molecule has 0 fully saturated rings. The summed E-state index contributed by atoms with van der Waals surface area (Å²) in [6.45, 7) is 12.1. The molecule has 0 spiro atoms. The Balaban J connectivity index is 0. The lowest BCUT2D eigenvalue weighted by Crippen LogP contribution is -2.40. The van der Waals surface area contributed by atoms with Crippen LogP contribution in [-0.4, -0.2) is 77.1 Å². The lowest BCUT2D eigenvalue weighted by atomic mass is 10.1. The van der Waals surface area contributed by atoms with Crippen molar-refractivity contribution in [3.63, 3.8) is 0 Å². The number of allylic oxidation sites excluding steroid dienone is 3. The molecule has 1 unspecified atom stereocenters. The minimum atomic E-state index is -0.280. The number of carbonyl (C=O) groups excluding carboxylic acids is 3. The van der Waals surface area contributed by atoms with E-state index < -0.39 is 0 Å². The summed E-state index contributed by atoms with van der Waals surface area (Å²) >= 11 is 0. The van der Waals surface area contributed by atoms with Gasteiger partial charge in [0.1, 0.15) is 13.2 Å². The van der Waals surface area contributed by atoms with E-state index >= 15 is 0 Å². The highest BCUT2D eigenvalue weighted by Gasteiger charge is 2.08. The Hall–Kier alpha value is -2.23. The second-order valence-electron chi connectivity index (χ2n) is 9.68. The van der Waals surface area contributed by atoms with Crippen LogP contribution in [0.15, 0.2) is 24.8 Å². The number of rotatable bonds is 27. The van der Waals surface area contributed by atoms with E-state index in [1.807, 2.05) is 13.0 Å². The highest BCUT2D eigenvalue weighted by Crippen LogP contribution is 2.07. The molecule has 9 nitrogen and oxygen atoms in total. The highest BCUT2D eigenvalue weighted by atomic mass is 16.6. The molecule has 0 aliphatic rings. The topological polar surface area (TPSA) is 112 Å². The second-order valence-corrected chi connectivity index (χ2v) is 9.68. The van der Waals surface area contributed by atoms with E-state index in [-0.39, 0.29) is 37.1 Å². The summed E-state index contributed by atoms with van der Waals surface area (Å²) < 4.78 is 19.9. The number of likely N-dealkylation sites (N-methyl/N-ethyl adjacent to an activating group) is 1. The Labute approximate surface area is 250 Å². The van der Waals surface area contributed by atoms with E-state index in [0.29, 0.717) is 26.4 Å². The molecule has 0 aliphatic heterocycles. The average molecular weight is 585 g/mol. The van der Waals surface area contributed by atoms with Crippen LogP contribution in [-0.2, 0) is 33.3 Å². The van der Waals surface area contributed by atoms with Crippen LogP contribution >= 0.6 is 0 Å². The standard InChI is InChI=1S/C21H40N2O4.C11H20O3/c1-4-27-20(24)18-26-17-15-13-11-9-7-5-6-8-10-12-14-16-23-21(25)19(2)22-3;1-3-5-6-7-8-9-13-10-11(12)14-4-2/h6,8,19,22H,4-5,7,9-18H2,1-3H3,(H,23,25);3H,1,4-10H2,2H3/b8-6-;. The summed E-state index contributed by atoms with van der Waals surface area (Å²) in [7, 11) is 1.79. The predicted octanol–water partition coefficient (Wildman–Crippen LogP) is 5.67. The normalized spacial score (nSPS) is 11.4. The number of esters is 2. The van der Waals surface area contributed by atoms with Crippen LogP contribution in [0.3, 0.4) is 0 Å². The number of hydrogen-bond acceptors (Lipinski definition) is 8. The number of carbonyl (C=O) groups is 3. The summed E-state index contributed by atoms with van der Waals surface area (Å²) in [6.07, 6.45) is 20.9. The number of ether oxygens (including phenoxy) is 4. The third-order valence-corrected chi connectivity index (χ3v) is 6.00. The zero-order valence-corrected chi connectivity index (χ0v) is 26.5. The molecule has 1 amide bonds. The molecule has 0 radical (unpaired) electrons. The quantitative estimate of drug-likeness (QED) is 0.0722. The molecular formula is C32H60N2O7. The van der Waals surface area contributed by atoms with Crippen LogP contribution in [0.4, 0.5) is 0 Å². The average Bonchev–Trinajstić information content (AvgIpc) is 2.96. The van der Waals surface area contributed by atoms with Gasteiger partial charge in [0.2, 0.25) is 5.91 Å². The van der Waals surface area contributed by atoms with Gasteiger partial charge in [-0.1, -0.05) is 43.9 Å². The van der Waals surface area contributed by atoms with Crippen molar-refractivity contribution >= 4 is 17.8 Å². The van der Waals surface area contributed by atoms with Crippen molar-refractivity contribution in [2.24, 2.45) is 0 Å². The summed E-state index contributed by atoms with van der Waals surface area (Å²) in [4.78, 5) is 33.4. The molecule has 0 aliphatic carbocycles. The van der Waals surface area contributed by atoms with Gasteiger partial charge in [0.05, 0.1) is 19.3 Å². The molecule has 240 valence electrons. The monoisotopic (exact) mass is 584 g/mol. The van der Waals surface area contributed by atoms with Crippen molar-refractivity contribution in [3.8, 4) is 0 Å². The van der Waals surface area contributed by atoms with Gasteiger partial charge in [0.25, 0.3) is 0 Å². The largest absolute Gasteiger partial charge is 0.464 e. The number of nitrogens with one attached hydrogen (secondary N) is 2. The van der Waals surface area contributed by atoms with E-state index in [0.717, 1.165) is 70.8 Å². The van der Waals surface area contributed by atoms with Gasteiger partial charge in [-0.25, -0.2) is 9.59 Å². The molecule has 0 aromatic heterocycles. The van der Waals surface area contributed by atoms with Crippen LogP contribution in [0, 0.1) is 0 Å². The molecule has 1 atom stereocenters. The summed E-state index contributed by atoms with van der Waals surface area (Å²) in [6, 6.07) is -0.123. The fourth-order valence-electron chi connectivity index (χ4n) is 3.50. The first-order valence-corrected chi connectivity index (χ1v) is 15.6. The molecule has 0 aromatic carbocycles. The summed E-state index contributed by atoms with van der Waals surface area (Å²) in [5.74, 6) is -0.491. The van der Waals surface area contributed by atoms with Crippen molar-refractivity contribution in [1.29, 1.82) is 0 Å². The van der Waals surface area contributed by atoms with E-state index in [1.165, 1.54) is 19.3 Å². The predicted molar refractivity (Wildman–Crippen MR) is 166 cm³/mol. The Morgan fingerprint density at radius 1 is 0.707 bits per heavy atom. The van der Waals surface area contributed by atoms with E-state index in [1.54, 1.807) is 20.9 Å². The molecule has 0 saturated carbocycles. The Kier molecular flexibility index (Phi) is 33.9. The molecule has 2 N–H and O–H groups in total. The van der Waals surface area contributed by atoms with E-state index in [4.69, 9.17) is 18.9 Å². The van der Waals surface area contributed by atoms with Crippen LogP contribution in [0.2, 0.25) is 0 Å². The minimum absolute atomic E-state index is 0.0682. The molecule has 0 aromatic rings. The smallest absolute Gasteiger partial charge is 0.332 e. The van der Waals surface area contributed by atoms with Crippen LogP contribution < -0.4 is 10.6 Å². The Morgan fingerprint density at radius 3 is 1.68 bits per heavy atom. The molecule has 41 heavy (non-hydrogen) atoms. The molecule has 0 rings (SSSR count). The van der Waals surface area contributed by atoms with Gasteiger partial charge in [-0.2, -0.15) is 0 Å². The fraction of sp³-hybridized carbons (Fsp3) is 0.781. The van der Waals surface area contributed by atoms with Gasteiger partial charge < -0.3 is 29.6 Å². The maximum atomic E-state index is 11.5. The number of amides is 1. The lowest BCUT2D eigenvalue weighted by Gasteiger charge is -2.10. The third-order valence-electron chi connectivity index (χ3n) is 6.00. The van der Waals surface area contributed by atoms with Gasteiger partial charge in [-0.05, 0) is 85.6 Å². The zero-order chi connectivity index (χ0) is 30.8. The minimum Gasteiger partial charge on any atom is -0.464 e. The van der Waals surface area contributed by atoms with E-state index in [2.05, 4.69) is 29.4 Å². The number of unbranched alkanes of at least 4 members (excludes halogenated alkanes) is 10. The van der Waals surface area contributed by atoms with Crippen molar-refractivity contribution in [2.45, 2.75) is 110 Å². The highest BCUT2D eigenvalue weighted by molar-refractivity contribution is 5.81. The first kappa shape index (κ1) is 40.9. The fourth-order valence-corrected chi connectivity index (χ4v) is 3.50. The third kappa shape index (κ3) is 33.9. The molecule has 9 heteroatoms. The SMILES string of the molecule is C=CCCCCCOCC(=O)OCC.CCOC(=O)COCCCCCCC/C=C\CCCCNC(=O)C(C)NC. The maximum Gasteiger partial charge on any atom is 0.332 e. The van der Waals surface area contributed by atoms with Crippen LogP contribution in [0.5, 0.6) is 0 Å². The van der Waals surface area contributed by atoms with Crippen molar-refractivity contribution in [1.82, 2.24) is 10.6 Å². The Morgan fingerprint density at radius 2 is 1.17 bits per heavy atom. The van der Waals surface area contributed by atoms with Crippen molar-refractivity contribution in [3.05, 3.63) is 24.8 Å². The van der Waals surface area contributed by atoms with Crippen molar-refractivity contribution < 1.29 is 33.3 Å². The van der Waals surface area contributed by atoms with E-state index in [9.17, 15) is 14.4 Å². The maximum absolute atomic E-state index is 11.5. The van der Waals surface area contributed by atoms with Gasteiger partial charge in [0.15, 0.2) is 0 Å². The second kappa shape index (κ2) is 34.0. The number of hydrogen-bond donors (Lipinski definition) is 2. The lowest BCUT2D eigenvalue weighted by molar-refractivity contribution is -0.149. The summed E-state index contributed by atoms with van der Waals surface area (Å²) in [5, 5.41) is 5.86. The van der Waals surface area contributed by atoms with Gasteiger partial charge in [-0.3, -0.25) is 4.79 Å².